The summed E-state index contributed by atoms with van der Waals surface area (Å²) in [5.74, 6) is -1.73. The van der Waals surface area contributed by atoms with Crippen LogP contribution in [0.5, 0.6) is 0 Å². The van der Waals surface area contributed by atoms with Gasteiger partial charge in [0.2, 0.25) is 15.9 Å². The molecule has 2 N–H and O–H groups in total. The van der Waals surface area contributed by atoms with Crippen molar-refractivity contribution in [2.75, 3.05) is 25.0 Å². The number of morpholine rings is 1. The molecule has 2 saturated heterocycles. The van der Waals surface area contributed by atoms with Gasteiger partial charge >= 0.3 is 6.03 Å². The molecule has 0 bridgehead atoms. The van der Waals surface area contributed by atoms with Crippen LogP contribution in [0.3, 0.4) is 0 Å². The summed E-state index contributed by atoms with van der Waals surface area (Å²) in [6.07, 6.45) is -0.244. The number of amides is 4. The fourth-order valence-electron chi connectivity index (χ4n) is 4.67. The van der Waals surface area contributed by atoms with E-state index in [1.807, 2.05) is 13.8 Å². The number of carbonyl (C=O) groups is 3. The van der Waals surface area contributed by atoms with Gasteiger partial charge in [0.1, 0.15) is 17.9 Å². The zero-order valence-corrected chi connectivity index (χ0v) is 21.5. The Bertz CT molecular complexity index is 1290. The molecule has 4 amide bonds. The predicted octanol–water partition coefficient (Wildman–Crippen LogP) is 2.42. The van der Waals surface area contributed by atoms with Gasteiger partial charge in [-0.3, -0.25) is 14.5 Å². The molecule has 2 heterocycles. The number of rotatable bonds is 7. The van der Waals surface area contributed by atoms with Crippen LogP contribution in [-0.4, -0.2) is 67.3 Å². The standard InChI is InChI=1S/C25H29FN4O6S/c1-4-25(18-5-7-19(26)8-6-18)23(32)30(24(33)28-25)15-22(31)27-20-9-11-21(12-10-20)37(34,35)29-13-16(2)36-17(3)14-29/h5-12,16-17H,4,13-15H2,1-3H3,(H,27,31)(H,28,33)/t16-,17-,25-/m0/s1. The number of ether oxygens (including phenoxy) is 1. The molecule has 198 valence electrons. The van der Waals surface area contributed by atoms with Gasteiger partial charge in [-0.05, 0) is 62.2 Å². The van der Waals surface area contributed by atoms with E-state index in [-0.39, 0.29) is 36.6 Å². The first-order chi connectivity index (χ1) is 17.5. The summed E-state index contributed by atoms with van der Waals surface area (Å²) < 4.78 is 46.4. The van der Waals surface area contributed by atoms with Crippen LogP contribution in [0, 0.1) is 5.82 Å². The summed E-state index contributed by atoms with van der Waals surface area (Å²) in [5.41, 5.74) is -0.672. The van der Waals surface area contributed by atoms with E-state index in [4.69, 9.17) is 4.74 Å². The summed E-state index contributed by atoms with van der Waals surface area (Å²) in [6, 6.07) is 10.2. The highest BCUT2D eigenvalue weighted by Crippen LogP contribution is 2.32. The van der Waals surface area contributed by atoms with Gasteiger partial charge in [0.15, 0.2) is 0 Å². The second-order valence-corrected chi connectivity index (χ2v) is 11.2. The second kappa shape index (κ2) is 10.2. The average molecular weight is 533 g/mol. The zero-order valence-electron chi connectivity index (χ0n) is 20.7. The molecule has 2 fully saturated rings. The molecule has 0 radical (unpaired) electrons. The maximum absolute atomic E-state index is 13.4. The van der Waals surface area contributed by atoms with Crippen molar-refractivity contribution in [2.45, 2.75) is 49.8 Å². The number of nitrogens with one attached hydrogen (secondary N) is 2. The summed E-state index contributed by atoms with van der Waals surface area (Å²) in [5, 5.41) is 5.22. The van der Waals surface area contributed by atoms with Crippen molar-refractivity contribution in [1.29, 1.82) is 0 Å². The predicted molar refractivity (Wildman–Crippen MR) is 132 cm³/mol. The Morgan fingerprint density at radius 2 is 1.68 bits per heavy atom. The monoisotopic (exact) mass is 532 g/mol. The molecule has 0 aliphatic carbocycles. The molecule has 0 spiro atoms. The second-order valence-electron chi connectivity index (χ2n) is 9.24. The lowest BCUT2D eigenvalue weighted by atomic mass is 9.87. The van der Waals surface area contributed by atoms with Gasteiger partial charge in [0.05, 0.1) is 17.1 Å². The third-order valence-electron chi connectivity index (χ3n) is 6.51. The minimum absolute atomic E-state index is 0.0768. The van der Waals surface area contributed by atoms with Gasteiger partial charge in [-0.2, -0.15) is 4.31 Å². The molecule has 3 atom stereocenters. The highest BCUT2D eigenvalue weighted by atomic mass is 32.2. The average Bonchev–Trinajstić information content (AvgIpc) is 3.09. The zero-order chi connectivity index (χ0) is 27.0. The van der Waals surface area contributed by atoms with E-state index in [9.17, 15) is 27.2 Å². The van der Waals surface area contributed by atoms with Gasteiger partial charge < -0.3 is 15.4 Å². The molecule has 2 aromatic carbocycles. The van der Waals surface area contributed by atoms with Crippen LogP contribution in [0.4, 0.5) is 14.9 Å². The highest BCUT2D eigenvalue weighted by molar-refractivity contribution is 7.89. The number of halogens is 1. The van der Waals surface area contributed by atoms with E-state index in [1.54, 1.807) is 6.92 Å². The summed E-state index contributed by atoms with van der Waals surface area (Å²) in [7, 11) is -3.74. The number of carbonyl (C=O) groups excluding carboxylic acids is 3. The molecule has 10 nitrogen and oxygen atoms in total. The van der Waals surface area contributed by atoms with Crippen LogP contribution in [0.25, 0.3) is 0 Å². The van der Waals surface area contributed by atoms with Crippen molar-refractivity contribution >= 4 is 33.6 Å². The van der Waals surface area contributed by atoms with Gasteiger partial charge in [-0.25, -0.2) is 17.6 Å². The molecule has 12 heteroatoms. The van der Waals surface area contributed by atoms with Crippen LogP contribution >= 0.6 is 0 Å². The molecule has 37 heavy (non-hydrogen) atoms. The van der Waals surface area contributed by atoms with E-state index in [0.717, 1.165) is 4.90 Å². The lowest BCUT2D eigenvalue weighted by molar-refractivity contribution is -0.134. The first kappa shape index (κ1) is 26.7. The highest BCUT2D eigenvalue weighted by Gasteiger charge is 2.51. The molecule has 4 rings (SSSR count). The largest absolute Gasteiger partial charge is 0.373 e. The fraction of sp³-hybridized carbons (Fsp3) is 0.400. The Balaban J connectivity index is 1.43. The van der Waals surface area contributed by atoms with Crippen molar-refractivity contribution < 1.29 is 31.9 Å². The van der Waals surface area contributed by atoms with Crippen LogP contribution in [0.1, 0.15) is 32.8 Å². The SMILES string of the molecule is CC[C@@]1(c2ccc(F)cc2)NC(=O)N(CC(=O)Nc2ccc(S(=O)(=O)N3C[C@H](C)O[C@@H](C)C3)cc2)C1=O. The maximum atomic E-state index is 13.4. The Hall–Kier alpha value is -3.35. The van der Waals surface area contributed by atoms with Gasteiger partial charge in [0, 0.05) is 18.8 Å². The van der Waals surface area contributed by atoms with Crippen molar-refractivity contribution in [3.05, 3.63) is 59.9 Å². The Morgan fingerprint density at radius 3 is 2.24 bits per heavy atom. The van der Waals surface area contributed by atoms with E-state index in [0.29, 0.717) is 11.3 Å². The molecule has 0 unspecified atom stereocenters. The van der Waals surface area contributed by atoms with Crippen molar-refractivity contribution in [3.63, 3.8) is 0 Å². The Kier molecular flexibility index (Phi) is 7.36. The minimum Gasteiger partial charge on any atom is -0.373 e. The first-order valence-electron chi connectivity index (χ1n) is 11.9. The third kappa shape index (κ3) is 5.22. The number of imide groups is 1. The Morgan fingerprint density at radius 1 is 1.08 bits per heavy atom. The lowest BCUT2D eigenvalue weighted by Crippen LogP contribution is -2.48. The van der Waals surface area contributed by atoms with E-state index < -0.39 is 45.8 Å². The molecule has 2 aromatic rings. The van der Waals surface area contributed by atoms with Crippen LogP contribution in [0.15, 0.2) is 53.4 Å². The quantitative estimate of drug-likeness (QED) is 0.528. The van der Waals surface area contributed by atoms with E-state index >= 15 is 0 Å². The summed E-state index contributed by atoms with van der Waals surface area (Å²) >= 11 is 0. The third-order valence-corrected chi connectivity index (χ3v) is 8.35. The van der Waals surface area contributed by atoms with Crippen LogP contribution < -0.4 is 10.6 Å². The number of hydrogen-bond acceptors (Lipinski definition) is 6. The molecular weight excluding hydrogens is 503 g/mol. The van der Waals surface area contributed by atoms with Crippen molar-refractivity contribution in [1.82, 2.24) is 14.5 Å². The van der Waals surface area contributed by atoms with Gasteiger partial charge in [-0.1, -0.05) is 19.1 Å². The van der Waals surface area contributed by atoms with Crippen molar-refractivity contribution in [2.24, 2.45) is 0 Å². The van der Waals surface area contributed by atoms with Gasteiger partial charge in [-0.15, -0.1) is 0 Å². The van der Waals surface area contributed by atoms with Gasteiger partial charge in [0.25, 0.3) is 5.91 Å². The normalized spacial score (nSPS) is 24.7. The van der Waals surface area contributed by atoms with E-state index in [2.05, 4.69) is 10.6 Å². The smallest absolute Gasteiger partial charge is 0.325 e. The lowest BCUT2D eigenvalue weighted by Gasteiger charge is -2.34. The molecule has 0 aromatic heterocycles. The summed E-state index contributed by atoms with van der Waals surface area (Å²) in [6.45, 7) is 5.28. The first-order valence-corrected chi connectivity index (χ1v) is 13.4. The number of nitrogens with zero attached hydrogens (tertiary/aromatic N) is 2. The van der Waals surface area contributed by atoms with Crippen LogP contribution in [0.2, 0.25) is 0 Å². The number of sulfonamides is 1. The topological polar surface area (TPSA) is 125 Å². The molecule has 0 saturated carbocycles. The fourth-order valence-corrected chi connectivity index (χ4v) is 6.26. The maximum Gasteiger partial charge on any atom is 0.325 e. The van der Waals surface area contributed by atoms with Crippen LogP contribution in [-0.2, 0) is 29.9 Å². The number of benzene rings is 2. The van der Waals surface area contributed by atoms with Crippen molar-refractivity contribution in [3.8, 4) is 0 Å². The number of anilines is 1. The molecule has 2 aliphatic rings. The number of urea groups is 1. The molecule has 2 aliphatic heterocycles. The van der Waals surface area contributed by atoms with E-state index in [1.165, 1.54) is 52.8 Å². The molecular formula is C25H29FN4O6S. The Labute approximate surface area is 214 Å². The minimum atomic E-state index is -3.74. The number of hydrogen-bond donors (Lipinski definition) is 2. The summed E-state index contributed by atoms with van der Waals surface area (Å²) in [4.78, 5) is 39.3.